The summed E-state index contributed by atoms with van der Waals surface area (Å²) in [6.45, 7) is 2.30. The van der Waals surface area contributed by atoms with Crippen molar-refractivity contribution in [3.05, 3.63) is 24.1 Å². The molecule has 1 N–H and O–H groups in total. The lowest BCUT2D eigenvalue weighted by Crippen LogP contribution is -2.57. The summed E-state index contributed by atoms with van der Waals surface area (Å²) in [5.41, 5.74) is 0. The summed E-state index contributed by atoms with van der Waals surface area (Å²) >= 11 is 0. The maximum atomic E-state index is 13.7. The molecule has 9 heteroatoms. The minimum Gasteiger partial charge on any atom is -0.465 e. The van der Waals surface area contributed by atoms with E-state index in [4.69, 9.17) is 4.74 Å². The summed E-state index contributed by atoms with van der Waals surface area (Å²) in [5, 5.41) is 2.24. The fraction of sp³-hybridized carbons (Fsp3) is 0.500. The number of hydrogen-bond donors (Lipinski definition) is 1. The fourth-order valence-electron chi connectivity index (χ4n) is 2.08. The molecule has 1 fully saturated rings. The van der Waals surface area contributed by atoms with Gasteiger partial charge in [-0.2, -0.15) is 4.31 Å². The molecule has 7 nitrogen and oxygen atoms in total. The van der Waals surface area contributed by atoms with Crippen LogP contribution in [0.15, 0.2) is 23.4 Å². The van der Waals surface area contributed by atoms with Crippen molar-refractivity contribution in [1.29, 1.82) is 0 Å². The molecule has 1 saturated heterocycles. The Morgan fingerprint density at radius 1 is 1.62 bits per heavy atom. The third-order valence-electron chi connectivity index (χ3n) is 3.03. The summed E-state index contributed by atoms with van der Waals surface area (Å²) in [5.74, 6) is -1.61. The quantitative estimate of drug-likeness (QED) is 0.770. The Morgan fingerprint density at radius 2 is 2.38 bits per heavy atom. The van der Waals surface area contributed by atoms with Crippen LogP contribution < -0.4 is 5.32 Å². The SMILES string of the molecule is CCOC(=O)C1CNCCN1S(=O)(=O)c1ncccc1F. The molecule has 0 aromatic carbocycles. The first-order valence-corrected chi connectivity index (χ1v) is 7.92. The lowest BCUT2D eigenvalue weighted by Gasteiger charge is -2.33. The van der Waals surface area contributed by atoms with Crippen molar-refractivity contribution in [3.63, 3.8) is 0 Å². The molecule has 0 aliphatic carbocycles. The van der Waals surface area contributed by atoms with E-state index in [9.17, 15) is 17.6 Å². The summed E-state index contributed by atoms with van der Waals surface area (Å²) in [6, 6.07) is 1.29. The number of carbonyl (C=O) groups excluding carboxylic acids is 1. The van der Waals surface area contributed by atoms with E-state index in [0.717, 1.165) is 10.4 Å². The second kappa shape index (κ2) is 6.46. The van der Waals surface area contributed by atoms with Gasteiger partial charge < -0.3 is 10.1 Å². The van der Waals surface area contributed by atoms with Gasteiger partial charge in [0.15, 0.2) is 5.82 Å². The first-order valence-electron chi connectivity index (χ1n) is 6.48. The number of rotatable bonds is 4. The molecule has 21 heavy (non-hydrogen) atoms. The molecule has 1 aliphatic rings. The second-order valence-electron chi connectivity index (χ2n) is 4.38. The maximum absolute atomic E-state index is 13.7. The van der Waals surface area contributed by atoms with Crippen LogP contribution in [0.2, 0.25) is 0 Å². The van der Waals surface area contributed by atoms with E-state index in [1.165, 1.54) is 12.3 Å². The van der Waals surface area contributed by atoms with Crippen molar-refractivity contribution >= 4 is 16.0 Å². The molecule has 1 aliphatic heterocycles. The number of esters is 1. The highest BCUT2D eigenvalue weighted by Gasteiger charge is 2.40. The topological polar surface area (TPSA) is 88.6 Å². The minimum atomic E-state index is -4.20. The molecular formula is C12H16FN3O4S. The Morgan fingerprint density at radius 3 is 3.05 bits per heavy atom. The van der Waals surface area contributed by atoms with Crippen LogP contribution in [-0.2, 0) is 19.6 Å². The van der Waals surface area contributed by atoms with Crippen molar-refractivity contribution in [1.82, 2.24) is 14.6 Å². The zero-order valence-corrected chi connectivity index (χ0v) is 12.3. The van der Waals surface area contributed by atoms with Gasteiger partial charge in [-0.3, -0.25) is 4.79 Å². The number of piperazine rings is 1. The van der Waals surface area contributed by atoms with E-state index in [1.54, 1.807) is 6.92 Å². The Balaban J connectivity index is 2.36. The number of halogens is 1. The predicted octanol–water partition coefficient (Wildman–Crippen LogP) is -0.254. The average molecular weight is 317 g/mol. The van der Waals surface area contributed by atoms with Crippen LogP contribution >= 0.6 is 0 Å². The molecular weight excluding hydrogens is 301 g/mol. The normalized spacial score (nSPS) is 20.2. The highest BCUT2D eigenvalue weighted by molar-refractivity contribution is 7.89. The van der Waals surface area contributed by atoms with Crippen molar-refractivity contribution in [2.45, 2.75) is 18.0 Å². The molecule has 0 saturated carbocycles. The van der Waals surface area contributed by atoms with Crippen LogP contribution in [0.4, 0.5) is 4.39 Å². The number of hydrogen-bond acceptors (Lipinski definition) is 6. The van der Waals surface area contributed by atoms with Crippen LogP contribution in [0, 0.1) is 5.82 Å². The van der Waals surface area contributed by atoms with Gasteiger partial charge in [0.25, 0.3) is 10.0 Å². The zero-order chi connectivity index (χ0) is 15.5. The molecule has 0 spiro atoms. The third kappa shape index (κ3) is 3.20. The molecule has 2 rings (SSSR count). The number of sulfonamides is 1. The van der Waals surface area contributed by atoms with Gasteiger partial charge in [0, 0.05) is 25.8 Å². The summed E-state index contributed by atoms with van der Waals surface area (Å²) in [4.78, 5) is 15.5. The largest absolute Gasteiger partial charge is 0.465 e. The highest BCUT2D eigenvalue weighted by atomic mass is 32.2. The second-order valence-corrected chi connectivity index (χ2v) is 6.18. The van der Waals surface area contributed by atoms with Gasteiger partial charge in [-0.15, -0.1) is 0 Å². The Labute approximate surface area is 122 Å². The van der Waals surface area contributed by atoms with Crippen molar-refractivity contribution in [3.8, 4) is 0 Å². The van der Waals surface area contributed by atoms with Gasteiger partial charge in [-0.25, -0.2) is 17.8 Å². The molecule has 0 radical (unpaired) electrons. The fourth-order valence-corrected chi connectivity index (χ4v) is 3.64. The summed E-state index contributed by atoms with van der Waals surface area (Å²) in [7, 11) is -4.20. The Kier molecular flexibility index (Phi) is 4.86. The monoisotopic (exact) mass is 317 g/mol. The Hall–Kier alpha value is -1.58. The lowest BCUT2D eigenvalue weighted by atomic mass is 10.2. The van der Waals surface area contributed by atoms with Gasteiger partial charge in [0.2, 0.25) is 5.03 Å². The number of pyridine rings is 1. The smallest absolute Gasteiger partial charge is 0.325 e. The van der Waals surface area contributed by atoms with Crippen molar-refractivity contribution in [2.24, 2.45) is 0 Å². The van der Waals surface area contributed by atoms with Crippen LogP contribution in [0.5, 0.6) is 0 Å². The molecule has 1 unspecified atom stereocenters. The van der Waals surface area contributed by atoms with E-state index < -0.39 is 32.9 Å². The average Bonchev–Trinajstić information content (AvgIpc) is 2.48. The molecule has 1 aromatic rings. The predicted molar refractivity (Wildman–Crippen MR) is 71.4 cm³/mol. The summed E-state index contributed by atoms with van der Waals surface area (Å²) in [6.07, 6.45) is 1.19. The van der Waals surface area contributed by atoms with E-state index >= 15 is 0 Å². The third-order valence-corrected chi connectivity index (χ3v) is 4.87. The number of aromatic nitrogens is 1. The summed E-state index contributed by atoms with van der Waals surface area (Å²) < 4.78 is 44.6. The van der Waals surface area contributed by atoms with Crippen LogP contribution in [-0.4, -0.2) is 56.0 Å². The van der Waals surface area contributed by atoms with Crippen molar-refractivity contribution < 1.29 is 22.3 Å². The van der Waals surface area contributed by atoms with Gasteiger partial charge >= 0.3 is 5.97 Å². The van der Waals surface area contributed by atoms with E-state index in [-0.39, 0.29) is 19.7 Å². The lowest BCUT2D eigenvalue weighted by molar-refractivity contribution is -0.148. The van der Waals surface area contributed by atoms with Crippen LogP contribution in [0.3, 0.4) is 0 Å². The maximum Gasteiger partial charge on any atom is 0.325 e. The molecule has 0 amide bonds. The zero-order valence-electron chi connectivity index (χ0n) is 11.5. The van der Waals surface area contributed by atoms with Crippen LogP contribution in [0.1, 0.15) is 6.92 Å². The minimum absolute atomic E-state index is 0.0435. The molecule has 1 atom stereocenters. The molecule has 2 heterocycles. The van der Waals surface area contributed by atoms with E-state index in [0.29, 0.717) is 6.54 Å². The van der Waals surface area contributed by atoms with Gasteiger partial charge in [-0.05, 0) is 19.1 Å². The first kappa shape index (κ1) is 15.8. The van der Waals surface area contributed by atoms with E-state index in [1.807, 2.05) is 0 Å². The van der Waals surface area contributed by atoms with Gasteiger partial charge in [0.05, 0.1) is 6.61 Å². The van der Waals surface area contributed by atoms with E-state index in [2.05, 4.69) is 10.3 Å². The molecule has 1 aromatic heterocycles. The van der Waals surface area contributed by atoms with Gasteiger partial charge in [-0.1, -0.05) is 0 Å². The Bertz CT molecular complexity index is 623. The number of ether oxygens (including phenoxy) is 1. The molecule has 0 bridgehead atoms. The van der Waals surface area contributed by atoms with Crippen molar-refractivity contribution in [2.75, 3.05) is 26.2 Å². The standard InChI is InChI=1S/C12H16FN3O4S/c1-2-20-12(17)10-8-14-6-7-16(10)21(18,19)11-9(13)4-3-5-15-11/h3-5,10,14H,2,6-8H2,1H3. The first-order chi connectivity index (χ1) is 9.98. The highest BCUT2D eigenvalue weighted by Crippen LogP contribution is 2.20. The van der Waals surface area contributed by atoms with Gasteiger partial charge in [0.1, 0.15) is 6.04 Å². The number of nitrogens with zero attached hydrogens (tertiary/aromatic N) is 2. The molecule has 116 valence electrons. The number of nitrogens with one attached hydrogen (secondary N) is 1. The van der Waals surface area contributed by atoms with Crippen LogP contribution in [0.25, 0.3) is 0 Å². The number of carbonyl (C=O) groups is 1.